The first-order valence-corrected chi connectivity index (χ1v) is 8.42. The van der Waals surface area contributed by atoms with Crippen LogP contribution >= 0.6 is 11.3 Å². The van der Waals surface area contributed by atoms with Gasteiger partial charge in [-0.15, -0.1) is 0 Å². The van der Waals surface area contributed by atoms with Crippen LogP contribution in [0.3, 0.4) is 0 Å². The van der Waals surface area contributed by atoms with Gasteiger partial charge in [0.25, 0.3) is 0 Å². The number of nitrogens with zero attached hydrogens (tertiary/aromatic N) is 1. The molecule has 0 spiro atoms. The summed E-state index contributed by atoms with van der Waals surface area (Å²) < 4.78 is 7.11. The van der Waals surface area contributed by atoms with Crippen molar-refractivity contribution in [2.24, 2.45) is 0 Å². The van der Waals surface area contributed by atoms with Gasteiger partial charge in [-0.1, -0.05) is 48.6 Å². The molecule has 1 unspecified atom stereocenters. The molecule has 0 aliphatic carbocycles. The first-order chi connectivity index (χ1) is 10.5. The number of ether oxygens (including phenoxy) is 1. The van der Waals surface area contributed by atoms with Gasteiger partial charge in [-0.05, 0) is 25.8 Å². The normalized spacial score (nSPS) is 12.8. The second-order valence-electron chi connectivity index (χ2n) is 5.51. The summed E-state index contributed by atoms with van der Waals surface area (Å²) in [6, 6.07) is 9.86. The molecule has 1 heterocycles. The highest BCUT2D eigenvalue weighted by Crippen LogP contribution is 2.26. The lowest BCUT2D eigenvalue weighted by atomic mass is 10.1. The molecule has 2 aromatic rings. The van der Waals surface area contributed by atoms with Crippen molar-refractivity contribution in [3.05, 3.63) is 44.9 Å². The number of benzene rings is 1. The fraction of sp³-hybridized carbons (Fsp3) is 0.471. The minimum absolute atomic E-state index is 0.0284. The maximum atomic E-state index is 12.3. The summed E-state index contributed by atoms with van der Waals surface area (Å²) in [6.07, 6.45) is 0.172. The quantitative estimate of drug-likeness (QED) is 0.853. The topological polar surface area (TPSA) is 51.5 Å². The Kier molecular flexibility index (Phi) is 5.94. The van der Waals surface area contributed by atoms with Crippen molar-refractivity contribution >= 4 is 11.3 Å². The zero-order chi connectivity index (χ0) is 16.1. The summed E-state index contributed by atoms with van der Waals surface area (Å²) in [5.41, 5.74) is 1.93. The lowest BCUT2D eigenvalue weighted by Crippen LogP contribution is -2.28. The van der Waals surface area contributed by atoms with E-state index in [1.54, 1.807) is 4.57 Å². The molecule has 1 aromatic heterocycles. The van der Waals surface area contributed by atoms with Crippen molar-refractivity contribution in [3.63, 3.8) is 0 Å². The fourth-order valence-corrected chi connectivity index (χ4v) is 3.29. The molecular weight excluding hydrogens is 298 g/mol. The van der Waals surface area contributed by atoms with Crippen LogP contribution in [-0.2, 0) is 17.7 Å². The van der Waals surface area contributed by atoms with E-state index < -0.39 is 6.10 Å². The van der Waals surface area contributed by atoms with Crippen molar-refractivity contribution in [2.45, 2.75) is 45.9 Å². The van der Waals surface area contributed by atoms with Crippen molar-refractivity contribution in [1.82, 2.24) is 4.57 Å². The molecule has 0 aliphatic rings. The van der Waals surface area contributed by atoms with E-state index >= 15 is 0 Å². The number of hydrogen-bond donors (Lipinski definition) is 1. The van der Waals surface area contributed by atoms with Gasteiger partial charge in [-0.3, -0.25) is 9.36 Å². The summed E-state index contributed by atoms with van der Waals surface area (Å²) in [5.74, 6) is 0. The number of thiazole rings is 1. The van der Waals surface area contributed by atoms with Crippen molar-refractivity contribution in [3.8, 4) is 11.3 Å². The third-order valence-corrected chi connectivity index (χ3v) is 4.47. The van der Waals surface area contributed by atoms with Gasteiger partial charge in [0.15, 0.2) is 0 Å². The number of rotatable bonds is 7. The average molecular weight is 321 g/mol. The van der Waals surface area contributed by atoms with Crippen molar-refractivity contribution in [1.29, 1.82) is 0 Å². The van der Waals surface area contributed by atoms with E-state index in [0.29, 0.717) is 0 Å². The predicted octanol–water partition coefficient (Wildman–Crippen LogP) is 2.93. The molecule has 0 bridgehead atoms. The first kappa shape index (κ1) is 16.9. The molecule has 120 valence electrons. The average Bonchev–Trinajstić information content (AvgIpc) is 2.82. The summed E-state index contributed by atoms with van der Waals surface area (Å²) >= 11 is 1.26. The summed E-state index contributed by atoms with van der Waals surface area (Å²) in [6.45, 7) is 6.38. The van der Waals surface area contributed by atoms with Gasteiger partial charge in [0.2, 0.25) is 0 Å². The van der Waals surface area contributed by atoms with Crippen LogP contribution in [0.5, 0.6) is 0 Å². The van der Waals surface area contributed by atoms with Crippen molar-refractivity contribution < 1.29 is 9.84 Å². The Morgan fingerprint density at radius 1 is 1.27 bits per heavy atom. The van der Waals surface area contributed by atoms with Crippen LogP contribution in [-0.4, -0.2) is 28.5 Å². The SMILES string of the molecule is CCc1sc(=O)n(CC(O)COC(C)C)c1-c1ccccc1. The van der Waals surface area contributed by atoms with Gasteiger partial charge >= 0.3 is 4.87 Å². The number of aliphatic hydroxyl groups is 1. The molecule has 0 fully saturated rings. The molecule has 22 heavy (non-hydrogen) atoms. The maximum absolute atomic E-state index is 12.3. The van der Waals surface area contributed by atoms with E-state index in [9.17, 15) is 9.90 Å². The van der Waals surface area contributed by atoms with E-state index in [1.807, 2.05) is 51.1 Å². The smallest absolute Gasteiger partial charge is 0.307 e. The summed E-state index contributed by atoms with van der Waals surface area (Å²) in [5, 5.41) is 10.1. The minimum atomic E-state index is -0.693. The van der Waals surface area contributed by atoms with Gasteiger partial charge in [0.1, 0.15) is 0 Å². The highest BCUT2D eigenvalue weighted by Gasteiger charge is 2.18. The van der Waals surface area contributed by atoms with Crippen LogP contribution in [0.15, 0.2) is 35.1 Å². The number of aryl methyl sites for hydroxylation is 1. The molecule has 4 nitrogen and oxygen atoms in total. The Labute approximate surface area is 135 Å². The number of aliphatic hydroxyl groups excluding tert-OH is 1. The highest BCUT2D eigenvalue weighted by atomic mass is 32.1. The Balaban J connectivity index is 2.31. The van der Waals surface area contributed by atoms with Crippen LogP contribution < -0.4 is 4.87 Å². The molecule has 0 radical (unpaired) electrons. The molecule has 0 saturated carbocycles. The van der Waals surface area contributed by atoms with Gasteiger partial charge < -0.3 is 9.84 Å². The van der Waals surface area contributed by atoms with E-state index in [-0.39, 0.29) is 24.1 Å². The van der Waals surface area contributed by atoms with Crippen LogP contribution in [0, 0.1) is 0 Å². The Morgan fingerprint density at radius 2 is 1.95 bits per heavy atom. The second kappa shape index (κ2) is 7.72. The Morgan fingerprint density at radius 3 is 2.55 bits per heavy atom. The monoisotopic (exact) mass is 321 g/mol. The largest absolute Gasteiger partial charge is 0.389 e. The zero-order valence-corrected chi connectivity index (χ0v) is 14.1. The predicted molar refractivity (Wildman–Crippen MR) is 90.5 cm³/mol. The molecular formula is C17H23NO3S. The van der Waals surface area contributed by atoms with Crippen LogP contribution in [0.2, 0.25) is 0 Å². The molecule has 0 amide bonds. The van der Waals surface area contributed by atoms with E-state index in [1.165, 1.54) is 11.3 Å². The van der Waals surface area contributed by atoms with Gasteiger partial charge in [-0.25, -0.2) is 0 Å². The number of hydrogen-bond acceptors (Lipinski definition) is 4. The van der Waals surface area contributed by atoms with Gasteiger partial charge in [0, 0.05) is 4.88 Å². The zero-order valence-electron chi connectivity index (χ0n) is 13.3. The lowest BCUT2D eigenvalue weighted by molar-refractivity contribution is -0.000732. The molecule has 1 atom stereocenters. The standard InChI is InChI=1S/C17H23NO3S/c1-4-15-16(13-8-6-5-7-9-13)18(17(20)22-15)10-14(19)11-21-12(2)3/h5-9,12,14,19H,4,10-11H2,1-3H3. The molecule has 2 rings (SSSR count). The first-order valence-electron chi connectivity index (χ1n) is 7.60. The minimum Gasteiger partial charge on any atom is -0.389 e. The van der Waals surface area contributed by atoms with E-state index in [4.69, 9.17) is 4.74 Å². The molecule has 0 aliphatic heterocycles. The van der Waals surface area contributed by atoms with Crippen LogP contribution in [0.25, 0.3) is 11.3 Å². The van der Waals surface area contributed by atoms with Crippen LogP contribution in [0.1, 0.15) is 25.6 Å². The van der Waals surface area contributed by atoms with Crippen molar-refractivity contribution in [2.75, 3.05) is 6.61 Å². The lowest BCUT2D eigenvalue weighted by Gasteiger charge is -2.16. The molecule has 5 heteroatoms. The molecule has 1 N–H and O–H groups in total. The van der Waals surface area contributed by atoms with Gasteiger partial charge in [0.05, 0.1) is 31.1 Å². The Bertz CT molecular complexity index is 646. The molecule has 0 saturated heterocycles. The summed E-state index contributed by atoms with van der Waals surface area (Å²) in [7, 11) is 0. The highest BCUT2D eigenvalue weighted by molar-refractivity contribution is 7.09. The maximum Gasteiger partial charge on any atom is 0.307 e. The third-order valence-electron chi connectivity index (χ3n) is 3.35. The molecule has 1 aromatic carbocycles. The van der Waals surface area contributed by atoms with E-state index in [0.717, 1.165) is 22.6 Å². The third kappa shape index (κ3) is 4.06. The Hall–Kier alpha value is -1.43. The van der Waals surface area contributed by atoms with E-state index in [2.05, 4.69) is 0 Å². The number of aromatic nitrogens is 1. The second-order valence-corrected chi connectivity index (χ2v) is 6.55. The summed E-state index contributed by atoms with van der Waals surface area (Å²) in [4.78, 5) is 13.3. The van der Waals surface area contributed by atoms with Crippen LogP contribution in [0.4, 0.5) is 0 Å². The fourth-order valence-electron chi connectivity index (χ4n) is 2.34. The van der Waals surface area contributed by atoms with Gasteiger partial charge in [-0.2, -0.15) is 0 Å².